The number of ether oxygens (including phenoxy) is 1. The van der Waals surface area contributed by atoms with Crippen LogP contribution in [0.5, 0.6) is 0 Å². The van der Waals surface area contributed by atoms with Crippen LogP contribution in [0.25, 0.3) is 0 Å². The molecule has 0 saturated heterocycles. The molecule has 0 bridgehead atoms. The summed E-state index contributed by atoms with van der Waals surface area (Å²) in [4.78, 5) is 26.6. The number of carbonyl (C=O) groups excluding carboxylic acids is 2. The van der Waals surface area contributed by atoms with Crippen LogP contribution in [0, 0.1) is 11.3 Å². The van der Waals surface area contributed by atoms with Crippen LogP contribution in [-0.2, 0) is 14.3 Å². The average molecular weight is 395 g/mol. The highest BCUT2D eigenvalue weighted by Crippen LogP contribution is 2.32. The summed E-state index contributed by atoms with van der Waals surface area (Å²) in [5.74, 6) is -0.179. The van der Waals surface area contributed by atoms with E-state index in [1.54, 1.807) is 19.2 Å². The topological polar surface area (TPSA) is 70.4 Å². The van der Waals surface area contributed by atoms with Gasteiger partial charge in [-0.2, -0.15) is 5.26 Å². The average Bonchev–Trinajstić information content (AvgIpc) is 2.67. The van der Waals surface area contributed by atoms with Crippen molar-refractivity contribution in [1.29, 1.82) is 5.26 Å². The maximum atomic E-state index is 12.3. The first-order valence-electron chi connectivity index (χ1n) is 8.69. The molecular weight excluding hydrogens is 372 g/mol. The number of carbonyl (C=O) groups is 2. The summed E-state index contributed by atoms with van der Waals surface area (Å²) in [6, 6.07) is 9.67. The van der Waals surface area contributed by atoms with Gasteiger partial charge < -0.3 is 9.64 Å². The monoisotopic (exact) mass is 394 g/mol. The summed E-state index contributed by atoms with van der Waals surface area (Å²) in [6.07, 6.45) is 4.54. The molecule has 1 aromatic carbocycles. The van der Waals surface area contributed by atoms with Crippen molar-refractivity contribution in [3.63, 3.8) is 0 Å². The van der Waals surface area contributed by atoms with E-state index in [9.17, 15) is 14.9 Å². The van der Waals surface area contributed by atoms with Crippen molar-refractivity contribution in [1.82, 2.24) is 4.90 Å². The highest BCUT2D eigenvalue weighted by atomic mass is 35.5. The van der Waals surface area contributed by atoms with Gasteiger partial charge in [-0.05, 0) is 37.1 Å². The summed E-state index contributed by atoms with van der Waals surface area (Å²) in [5.41, 5.74) is -0.758. The Hall–Kier alpha value is -1.71. The van der Waals surface area contributed by atoms with Gasteiger partial charge in [0.2, 0.25) is 0 Å². The Morgan fingerprint density at radius 2 is 1.92 bits per heavy atom. The zero-order chi connectivity index (χ0) is 19.0. The lowest BCUT2D eigenvalue weighted by Crippen LogP contribution is -2.51. The Morgan fingerprint density at radius 3 is 2.54 bits per heavy atom. The third kappa shape index (κ3) is 5.65. The van der Waals surface area contributed by atoms with Gasteiger partial charge >= 0.3 is 5.97 Å². The van der Waals surface area contributed by atoms with Crippen LogP contribution in [0.4, 0.5) is 0 Å². The molecule has 140 valence electrons. The van der Waals surface area contributed by atoms with Crippen LogP contribution in [0.1, 0.15) is 38.5 Å². The molecule has 0 atom stereocenters. The number of nitriles is 1. The minimum Gasteiger partial charge on any atom is -0.456 e. The smallest absolute Gasteiger partial charge is 0.307 e. The third-order valence-corrected chi connectivity index (χ3v) is 5.92. The van der Waals surface area contributed by atoms with Crippen LogP contribution in [0.3, 0.4) is 0 Å². The Labute approximate surface area is 163 Å². The number of esters is 1. The first-order chi connectivity index (χ1) is 12.5. The summed E-state index contributed by atoms with van der Waals surface area (Å²) in [6.45, 7) is -0.315. The molecule has 0 radical (unpaired) electrons. The number of likely N-dealkylation sites (N-methyl/N-ethyl adjacent to an activating group) is 1. The van der Waals surface area contributed by atoms with Crippen molar-refractivity contribution >= 4 is 35.2 Å². The van der Waals surface area contributed by atoms with Crippen LogP contribution < -0.4 is 0 Å². The second kappa shape index (κ2) is 9.84. The van der Waals surface area contributed by atoms with Crippen molar-refractivity contribution in [3.8, 4) is 6.07 Å². The van der Waals surface area contributed by atoms with Gasteiger partial charge in [0.15, 0.2) is 6.61 Å². The number of rotatable bonds is 7. The zero-order valence-electron chi connectivity index (χ0n) is 14.9. The summed E-state index contributed by atoms with van der Waals surface area (Å²) < 4.78 is 5.09. The molecular formula is C19H23ClN2O3S. The molecule has 1 aliphatic carbocycles. The van der Waals surface area contributed by atoms with E-state index in [1.807, 2.05) is 12.1 Å². The van der Waals surface area contributed by atoms with Gasteiger partial charge in [-0.1, -0.05) is 30.9 Å². The lowest BCUT2D eigenvalue weighted by Gasteiger charge is -2.38. The van der Waals surface area contributed by atoms with Crippen LogP contribution in [-0.4, -0.2) is 41.7 Å². The number of thioether (sulfide) groups is 1. The van der Waals surface area contributed by atoms with Crippen molar-refractivity contribution < 1.29 is 14.3 Å². The molecule has 0 unspecified atom stereocenters. The van der Waals surface area contributed by atoms with E-state index in [4.69, 9.17) is 16.3 Å². The fourth-order valence-corrected chi connectivity index (χ4v) is 3.95. The van der Waals surface area contributed by atoms with Gasteiger partial charge in [-0.25, -0.2) is 0 Å². The zero-order valence-corrected chi connectivity index (χ0v) is 16.4. The van der Waals surface area contributed by atoms with Crippen LogP contribution in [0.2, 0.25) is 5.02 Å². The molecule has 0 spiro atoms. The van der Waals surface area contributed by atoms with E-state index in [0.717, 1.165) is 24.2 Å². The van der Waals surface area contributed by atoms with Gasteiger partial charge in [-0.15, -0.1) is 11.8 Å². The molecule has 1 aliphatic rings. The Balaban J connectivity index is 1.73. The van der Waals surface area contributed by atoms with Crippen LogP contribution in [0.15, 0.2) is 29.2 Å². The van der Waals surface area contributed by atoms with Crippen molar-refractivity contribution in [2.24, 2.45) is 0 Å². The molecule has 0 heterocycles. The van der Waals surface area contributed by atoms with E-state index in [1.165, 1.54) is 16.7 Å². The Kier molecular flexibility index (Phi) is 7.80. The molecule has 5 nitrogen and oxygen atoms in total. The second-order valence-corrected chi connectivity index (χ2v) is 7.97. The van der Waals surface area contributed by atoms with Crippen molar-refractivity contribution in [3.05, 3.63) is 29.3 Å². The Morgan fingerprint density at radius 1 is 1.27 bits per heavy atom. The summed E-state index contributed by atoms with van der Waals surface area (Å²) >= 11 is 7.36. The SMILES string of the molecule is CN(C(=O)COC(=O)CCSc1ccc(Cl)cc1)C1(C#N)CCCCC1. The fraction of sp³-hybridized carbons (Fsp3) is 0.526. The summed E-state index contributed by atoms with van der Waals surface area (Å²) in [7, 11) is 1.63. The van der Waals surface area contributed by atoms with Gasteiger partial charge in [0.05, 0.1) is 12.5 Å². The lowest BCUT2D eigenvalue weighted by molar-refractivity contribution is -0.153. The lowest BCUT2D eigenvalue weighted by atomic mass is 9.81. The number of nitrogens with zero attached hydrogens (tertiary/aromatic N) is 2. The van der Waals surface area contributed by atoms with E-state index in [0.29, 0.717) is 23.6 Å². The predicted octanol–water partition coefficient (Wildman–Crippen LogP) is 4.05. The first kappa shape index (κ1) is 20.6. The largest absolute Gasteiger partial charge is 0.456 e. The maximum absolute atomic E-state index is 12.3. The number of hydrogen-bond acceptors (Lipinski definition) is 5. The van der Waals surface area contributed by atoms with Gasteiger partial charge in [-0.3, -0.25) is 9.59 Å². The normalized spacial score (nSPS) is 15.7. The van der Waals surface area contributed by atoms with Gasteiger partial charge in [0.25, 0.3) is 5.91 Å². The standard InChI is InChI=1S/C19H23ClN2O3S/c1-22(19(14-21)10-3-2-4-11-19)17(23)13-25-18(24)9-12-26-16-7-5-15(20)6-8-16/h5-8H,2-4,9-13H2,1H3. The Bertz CT molecular complexity index is 666. The van der Waals surface area contributed by atoms with Crippen molar-refractivity contribution in [2.45, 2.75) is 49.0 Å². The highest BCUT2D eigenvalue weighted by Gasteiger charge is 2.38. The second-order valence-electron chi connectivity index (χ2n) is 6.37. The number of halogens is 1. The number of benzene rings is 1. The first-order valence-corrected chi connectivity index (χ1v) is 10.1. The van der Waals surface area contributed by atoms with Crippen molar-refractivity contribution in [2.75, 3.05) is 19.4 Å². The van der Waals surface area contributed by atoms with E-state index >= 15 is 0 Å². The molecule has 1 amide bonds. The molecule has 1 saturated carbocycles. The van der Waals surface area contributed by atoms with E-state index < -0.39 is 11.5 Å². The minimum absolute atomic E-state index is 0.216. The molecule has 1 fully saturated rings. The van der Waals surface area contributed by atoms with Gasteiger partial charge in [0, 0.05) is 22.7 Å². The summed E-state index contributed by atoms with van der Waals surface area (Å²) in [5, 5.41) is 10.2. The highest BCUT2D eigenvalue weighted by molar-refractivity contribution is 7.99. The fourth-order valence-electron chi connectivity index (χ4n) is 2.99. The van der Waals surface area contributed by atoms with E-state index in [-0.39, 0.29) is 18.9 Å². The maximum Gasteiger partial charge on any atom is 0.307 e. The van der Waals surface area contributed by atoms with Gasteiger partial charge in [0.1, 0.15) is 5.54 Å². The number of hydrogen-bond donors (Lipinski definition) is 0. The third-order valence-electron chi connectivity index (χ3n) is 4.65. The molecule has 0 aromatic heterocycles. The molecule has 0 N–H and O–H groups in total. The van der Waals surface area contributed by atoms with E-state index in [2.05, 4.69) is 6.07 Å². The molecule has 7 heteroatoms. The molecule has 2 rings (SSSR count). The minimum atomic E-state index is -0.758. The molecule has 26 heavy (non-hydrogen) atoms. The molecule has 1 aromatic rings. The number of amides is 1. The quantitative estimate of drug-likeness (QED) is 0.515. The molecule has 0 aliphatic heterocycles. The predicted molar refractivity (Wildman–Crippen MR) is 102 cm³/mol. The van der Waals surface area contributed by atoms with Crippen LogP contribution >= 0.6 is 23.4 Å².